The summed E-state index contributed by atoms with van der Waals surface area (Å²) in [6.45, 7) is 2.81. The first-order chi connectivity index (χ1) is 14.0. The summed E-state index contributed by atoms with van der Waals surface area (Å²) in [6, 6.07) is 8.47. The molecule has 31 heavy (non-hydrogen) atoms. The van der Waals surface area contributed by atoms with Gasteiger partial charge in [0.25, 0.3) is 5.56 Å². The molecule has 3 aromatic heterocycles. The number of fused-ring (bicyclic) bond motifs is 1. The minimum absolute atomic E-state index is 0. The van der Waals surface area contributed by atoms with Crippen LogP contribution in [0.15, 0.2) is 41.3 Å². The number of aromatic amines is 2. The van der Waals surface area contributed by atoms with Gasteiger partial charge in [-0.25, -0.2) is 9.37 Å². The molecule has 1 atom stereocenters. The number of nitrogens with one attached hydrogen (secondary N) is 3. The molecule has 4 heterocycles. The van der Waals surface area contributed by atoms with Gasteiger partial charge in [-0.2, -0.15) is 5.10 Å². The third-order valence-corrected chi connectivity index (χ3v) is 6.75. The zero-order valence-corrected chi connectivity index (χ0v) is 19.1. The second-order valence-electron chi connectivity index (χ2n) is 7.56. The summed E-state index contributed by atoms with van der Waals surface area (Å²) in [7, 11) is 0. The van der Waals surface area contributed by atoms with Crippen LogP contribution >= 0.6 is 36.2 Å². The zero-order chi connectivity index (χ0) is 20.0. The van der Waals surface area contributed by atoms with Crippen molar-refractivity contribution in [1.82, 2.24) is 25.5 Å². The maximum absolute atomic E-state index is 13.3. The highest BCUT2D eigenvalue weighted by atomic mass is 35.5. The van der Waals surface area contributed by atoms with Crippen molar-refractivity contribution in [2.75, 3.05) is 6.54 Å². The molecule has 1 fully saturated rings. The average molecular weight is 482 g/mol. The van der Waals surface area contributed by atoms with Gasteiger partial charge in [0, 0.05) is 16.1 Å². The number of aryl methyl sites for hydroxylation is 1. The largest absolute Gasteiger partial charge is 0.308 e. The van der Waals surface area contributed by atoms with Crippen molar-refractivity contribution in [1.29, 1.82) is 0 Å². The number of hydrogen-bond donors (Lipinski definition) is 3. The van der Waals surface area contributed by atoms with Gasteiger partial charge in [-0.05, 0) is 56.5 Å². The highest BCUT2D eigenvalue weighted by Gasteiger charge is 2.38. The number of halogens is 3. The first-order valence-corrected chi connectivity index (χ1v) is 10.4. The quantitative estimate of drug-likeness (QED) is 0.400. The Balaban J connectivity index is 0.00000136. The van der Waals surface area contributed by atoms with Gasteiger partial charge in [0.05, 0.1) is 17.3 Å². The van der Waals surface area contributed by atoms with E-state index in [2.05, 4.69) is 20.5 Å². The Bertz CT molecular complexity index is 1240. The molecule has 1 aromatic carbocycles. The van der Waals surface area contributed by atoms with Gasteiger partial charge in [-0.3, -0.25) is 9.89 Å². The molecule has 4 aromatic rings. The summed E-state index contributed by atoms with van der Waals surface area (Å²) < 4.78 is 13.9. The monoisotopic (exact) mass is 481 g/mol. The normalized spacial score (nSPS) is 18.0. The lowest BCUT2D eigenvalue weighted by Crippen LogP contribution is -2.41. The van der Waals surface area contributed by atoms with Gasteiger partial charge in [0.15, 0.2) is 0 Å². The molecule has 1 saturated heterocycles. The van der Waals surface area contributed by atoms with Crippen LogP contribution in [0.3, 0.4) is 0 Å². The van der Waals surface area contributed by atoms with Gasteiger partial charge in [-0.15, -0.1) is 36.2 Å². The molecule has 10 heteroatoms. The standard InChI is InChI=1S/C21H20FN5OS.2ClH/c1-12-15(11-24-27-12)17-9-16-18(29-17)19(28)26-20(25-16)21(7-2-8-23-21)10-13-3-5-14(22)6-4-13;;/h3-6,9,11,23H,2,7-8,10H2,1H3,(H,24,27)(H,25,26,28);2*1H. The first-order valence-electron chi connectivity index (χ1n) is 9.58. The molecule has 0 saturated carbocycles. The van der Waals surface area contributed by atoms with E-state index in [9.17, 15) is 9.18 Å². The van der Waals surface area contributed by atoms with Gasteiger partial charge in [0.1, 0.15) is 16.3 Å². The highest BCUT2D eigenvalue weighted by molar-refractivity contribution is 7.22. The fourth-order valence-electron chi connectivity index (χ4n) is 4.09. The maximum atomic E-state index is 13.3. The second kappa shape index (κ2) is 9.08. The van der Waals surface area contributed by atoms with Crippen LogP contribution in [0.5, 0.6) is 0 Å². The lowest BCUT2D eigenvalue weighted by atomic mass is 9.88. The van der Waals surface area contributed by atoms with E-state index in [1.54, 1.807) is 18.3 Å². The molecule has 1 aliphatic rings. The predicted molar refractivity (Wildman–Crippen MR) is 126 cm³/mol. The van der Waals surface area contributed by atoms with E-state index in [1.807, 2.05) is 13.0 Å². The smallest absolute Gasteiger partial charge is 0.268 e. The molecule has 1 aliphatic heterocycles. The number of nitrogens with zero attached hydrogens (tertiary/aromatic N) is 2. The van der Waals surface area contributed by atoms with Crippen LogP contribution in [-0.4, -0.2) is 26.7 Å². The topological polar surface area (TPSA) is 86.5 Å². The Morgan fingerprint density at radius 2 is 2.00 bits per heavy atom. The predicted octanol–water partition coefficient (Wildman–Crippen LogP) is 4.49. The van der Waals surface area contributed by atoms with Crippen LogP contribution in [0.1, 0.15) is 29.9 Å². The van der Waals surface area contributed by atoms with Crippen LogP contribution in [0.4, 0.5) is 4.39 Å². The van der Waals surface area contributed by atoms with Crippen LogP contribution in [0.2, 0.25) is 0 Å². The number of rotatable bonds is 4. The summed E-state index contributed by atoms with van der Waals surface area (Å²) in [5, 5.41) is 10.6. The Kier molecular flexibility index (Phi) is 6.85. The fraction of sp³-hybridized carbons (Fsp3) is 0.286. The van der Waals surface area contributed by atoms with E-state index in [0.717, 1.165) is 41.1 Å². The summed E-state index contributed by atoms with van der Waals surface area (Å²) in [4.78, 5) is 21.7. The molecule has 164 valence electrons. The van der Waals surface area contributed by atoms with Crippen molar-refractivity contribution in [3.8, 4) is 10.4 Å². The van der Waals surface area contributed by atoms with Crippen molar-refractivity contribution >= 4 is 46.4 Å². The Morgan fingerprint density at radius 3 is 2.65 bits per heavy atom. The van der Waals surface area contributed by atoms with Crippen LogP contribution in [-0.2, 0) is 12.0 Å². The molecular formula is C21H22Cl2FN5OS. The molecular weight excluding hydrogens is 460 g/mol. The summed E-state index contributed by atoms with van der Waals surface area (Å²) in [6.07, 6.45) is 4.26. The van der Waals surface area contributed by atoms with Crippen molar-refractivity contribution in [3.63, 3.8) is 0 Å². The van der Waals surface area contributed by atoms with Crippen LogP contribution in [0, 0.1) is 12.7 Å². The third kappa shape index (κ3) is 4.25. The number of benzene rings is 1. The molecule has 3 N–H and O–H groups in total. The fourth-order valence-corrected chi connectivity index (χ4v) is 5.15. The molecule has 6 nitrogen and oxygen atoms in total. The summed E-state index contributed by atoms with van der Waals surface area (Å²) in [5.74, 6) is 0.389. The minimum atomic E-state index is -0.459. The number of hydrogen-bond acceptors (Lipinski definition) is 5. The van der Waals surface area contributed by atoms with Crippen LogP contribution in [0.25, 0.3) is 20.7 Å². The molecule has 1 unspecified atom stereocenters. The molecule has 0 spiro atoms. The average Bonchev–Trinajstić information content (AvgIpc) is 3.43. The third-order valence-electron chi connectivity index (χ3n) is 5.59. The van der Waals surface area contributed by atoms with Crippen molar-refractivity contribution < 1.29 is 4.39 Å². The van der Waals surface area contributed by atoms with Gasteiger partial charge < -0.3 is 10.3 Å². The Hall–Kier alpha value is -2.26. The van der Waals surface area contributed by atoms with Crippen molar-refractivity contribution in [2.24, 2.45) is 0 Å². The molecule has 5 rings (SSSR count). The number of H-pyrrole nitrogens is 2. The van der Waals surface area contributed by atoms with E-state index in [0.29, 0.717) is 22.5 Å². The molecule has 0 bridgehead atoms. The maximum Gasteiger partial charge on any atom is 0.268 e. The number of thiophene rings is 1. The van der Waals surface area contributed by atoms with Gasteiger partial charge in [0.2, 0.25) is 0 Å². The first kappa shape index (κ1) is 23.4. The van der Waals surface area contributed by atoms with E-state index in [4.69, 9.17) is 4.98 Å². The van der Waals surface area contributed by atoms with Crippen molar-refractivity contribution in [3.05, 3.63) is 69.8 Å². The minimum Gasteiger partial charge on any atom is -0.308 e. The summed E-state index contributed by atoms with van der Waals surface area (Å²) in [5.41, 5.74) is 3.04. The summed E-state index contributed by atoms with van der Waals surface area (Å²) >= 11 is 1.42. The lowest BCUT2D eigenvalue weighted by molar-refractivity contribution is 0.363. The number of aromatic nitrogens is 4. The van der Waals surface area contributed by atoms with E-state index in [-0.39, 0.29) is 36.2 Å². The zero-order valence-electron chi connectivity index (χ0n) is 16.7. The highest BCUT2D eigenvalue weighted by Crippen LogP contribution is 2.35. The van der Waals surface area contributed by atoms with E-state index >= 15 is 0 Å². The van der Waals surface area contributed by atoms with Crippen molar-refractivity contribution in [2.45, 2.75) is 31.7 Å². The molecule has 0 aliphatic carbocycles. The SMILES string of the molecule is Cc1[nH]ncc1-c1cc2nc(C3(Cc4ccc(F)cc4)CCCN3)[nH]c(=O)c2s1.Cl.Cl. The van der Waals surface area contributed by atoms with E-state index in [1.165, 1.54) is 23.5 Å². The van der Waals surface area contributed by atoms with E-state index < -0.39 is 5.54 Å². The van der Waals surface area contributed by atoms with Crippen LogP contribution < -0.4 is 10.9 Å². The Morgan fingerprint density at radius 1 is 1.23 bits per heavy atom. The molecule has 0 amide bonds. The lowest BCUT2D eigenvalue weighted by Gasteiger charge is -2.28. The second-order valence-corrected chi connectivity index (χ2v) is 8.62. The van der Waals surface area contributed by atoms with Gasteiger partial charge >= 0.3 is 0 Å². The Labute approximate surface area is 194 Å². The van der Waals surface area contributed by atoms with Gasteiger partial charge in [-0.1, -0.05) is 12.1 Å². The molecule has 0 radical (unpaired) electrons.